The van der Waals surface area contributed by atoms with Crippen LogP contribution in [-0.4, -0.2) is 65.6 Å². The third-order valence-electron chi connectivity index (χ3n) is 5.06. The molecule has 0 aromatic carbocycles. The van der Waals surface area contributed by atoms with E-state index in [1.807, 2.05) is 0 Å². The van der Waals surface area contributed by atoms with Gasteiger partial charge in [-0.25, -0.2) is 4.98 Å². The Morgan fingerprint density at radius 1 is 1.48 bits per heavy atom. The minimum atomic E-state index is -4.40. The highest BCUT2D eigenvalue weighted by atomic mass is 19.4. The quantitative estimate of drug-likeness (QED) is 0.889. The molecule has 140 valence electrons. The smallest absolute Gasteiger partial charge is 0.377 e. The van der Waals surface area contributed by atoms with E-state index in [2.05, 4.69) is 14.9 Å². The number of likely N-dealkylation sites (tertiary alicyclic amines) is 1. The number of aromatic amines is 1. The number of hydrogen-bond acceptors (Lipinski definition) is 4. The number of halogens is 3. The minimum absolute atomic E-state index is 0.0532. The van der Waals surface area contributed by atoms with Crippen molar-refractivity contribution in [3.63, 3.8) is 0 Å². The molecule has 1 aromatic heterocycles. The Morgan fingerprint density at radius 2 is 2.24 bits per heavy atom. The van der Waals surface area contributed by atoms with Gasteiger partial charge in [-0.1, -0.05) is 0 Å². The van der Waals surface area contributed by atoms with E-state index in [-0.39, 0.29) is 12.0 Å². The highest BCUT2D eigenvalue weighted by Gasteiger charge is 2.42. The van der Waals surface area contributed by atoms with Gasteiger partial charge in [0.05, 0.1) is 31.9 Å². The van der Waals surface area contributed by atoms with Crippen molar-refractivity contribution in [2.24, 2.45) is 11.8 Å². The van der Waals surface area contributed by atoms with Gasteiger partial charge in [0, 0.05) is 26.6 Å². The second-order valence-electron chi connectivity index (χ2n) is 7.05. The lowest BCUT2D eigenvalue weighted by atomic mass is 9.83. The predicted octanol–water partition coefficient (Wildman–Crippen LogP) is 1.74. The average molecular weight is 360 g/mol. The lowest BCUT2D eigenvalue weighted by molar-refractivity contribution is -0.141. The molecule has 0 saturated carbocycles. The fourth-order valence-corrected chi connectivity index (χ4v) is 3.67. The first-order valence-corrected chi connectivity index (χ1v) is 8.39. The summed E-state index contributed by atoms with van der Waals surface area (Å²) in [5, 5.41) is 0. The summed E-state index contributed by atoms with van der Waals surface area (Å²) in [6, 6.07) is 0. The summed E-state index contributed by atoms with van der Waals surface area (Å²) in [6.45, 7) is 2.47. The Balaban J connectivity index is 1.54. The van der Waals surface area contributed by atoms with Crippen LogP contribution < -0.4 is 0 Å². The molecule has 9 heteroatoms. The third kappa shape index (κ3) is 4.14. The zero-order valence-corrected chi connectivity index (χ0v) is 14.3. The number of hydrogen-bond donors (Lipinski definition) is 1. The van der Waals surface area contributed by atoms with Crippen molar-refractivity contribution in [1.82, 2.24) is 19.8 Å². The predicted molar refractivity (Wildman–Crippen MR) is 83.5 cm³/mol. The highest BCUT2D eigenvalue weighted by molar-refractivity contribution is 5.76. The molecule has 2 aliphatic rings. The van der Waals surface area contributed by atoms with E-state index in [1.54, 1.807) is 19.0 Å². The molecule has 2 saturated heterocycles. The van der Waals surface area contributed by atoms with Crippen molar-refractivity contribution in [1.29, 1.82) is 0 Å². The van der Waals surface area contributed by atoms with E-state index in [9.17, 15) is 18.0 Å². The molecule has 0 aliphatic carbocycles. The third-order valence-corrected chi connectivity index (χ3v) is 5.06. The number of rotatable bonds is 4. The number of alkyl halides is 3. The summed E-state index contributed by atoms with van der Waals surface area (Å²) in [6.07, 6.45) is -2.35. The fourth-order valence-electron chi connectivity index (χ4n) is 3.67. The van der Waals surface area contributed by atoms with Crippen molar-refractivity contribution < 1.29 is 22.7 Å². The lowest BCUT2D eigenvalue weighted by Gasteiger charge is -2.35. The summed E-state index contributed by atoms with van der Waals surface area (Å²) < 4.78 is 43.7. The Hall–Kier alpha value is -1.61. The second-order valence-corrected chi connectivity index (χ2v) is 7.05. The number of fused-ring (bicyclic) bond motifs is 1. The number of aromatic nitrogens is 2. The number of imidazole rings is 1. The molecule has 0 bridgehead atoms. The van der Waals surface area contributed by atoms with Crippen molar-refractivity contribution in [2.45, 2.75) is 31.7 Å². The first kappa shape index (κ1) is 18.2. The van der Waals surface area contributed by atoms with Crippen molar-refractivity contribution in [2.75, 3.05) is 33.8 Å². The summed E-state index contributed by atoms with van der Waals surface area (Å²) in [5.41, 5.74) is -0.816. The summed E-state index contributed by atoms with van der Waals surface area (Å²) in [4.78, 5) is 21.7. The molecule has 3 rings (SSSR count). The van der Waals surface area contributed by atoms with Crippen LogP contribution in [0.1, 0.15) is 24.4 Å². The van der Waals surface area contributed by atoms with Gasteiger partial charge < -0.3 is 14.6 Å². The standard InChI is InChI=1S/C16H23F3N4O2/c1-22(2)15(24)5-12-11-3-4-23(7-10(11)9-25-12)8-14-20-6-13(21-14)16(17,18)19/h6,10-12H,3-5,7-9H2,1-2H3,(H,20,21)/t10-,11-,12+/m1/s1. The van der Waals surface area contributed by atoms with Crippen LogP contribution in [0, 0.1) is 11.8 Å². The first-order chi connectivity index (χ1) is 11.7. The number of nitrogens with zero attached hydrogens (tertiary/aromatic N) is 3. The monoisotopic (exact) mass is 360 g/mol. The molecule has 25 heavy (non-hydrogen) atoms. The summed E-state index contributed by atoms with van der Waals surface area (Å²) >= 11 is 0. The molecule has 1 aromatic rings. The SMILES string of the molecule is CN(C)C(=O)C[C@@H]1OC[C@H]2CN(Cc3ncc(C(F)(F)F)[nH]3)CC[C@H]21. The van der Waals surface area contributed by atoms with Crippen molar-refractivity contribution in [3.05, 3.63) is 17.7 Å². The van der Waals surface area contributed by atoms with Crippen LogP contribution in [0.3, 0.4) is 0 Å². The van der Waals surface area contributed by atoms with Gasteiger partial charge in [-0.2, -0.15) is 13.2 Å². The molecule has 2 fully saturated rings. The topological polar surface area (TPSA) is 61.5 Å². The largest absolute Gasteiger partial charge is 0.432 e. The second kappa shape index (κ2) is 6.95. The molecule has 0 radical (unpaired) electrons. The first-order valence-electron chi connectivity index (χ1n) is 8.39. The Kier molecular flexibility index (Phi) is 5.06. The van der Waals surface area contributed by atoms with Crippen LogP contribution in [0.5, 0.6) is 0 Å². The van der Waals surface area contributed by atoms with E-state index in [1.165, 1.54) is 0 Å². The van der Waals surface area contributed by atoms with Crippen LogP contribution in [0.25, 0.3) is 0 Å². The normalized spacial score (nSPS) is 27.3. The van der Waals surface area contributed by atoms with Gasteiger partial charge in [-0.05, 0) is 18.9 Å². The van der Waals surface area contributed by atoms with Gasteiger partial charge in [0.15, 0.2) is 0 Å². The maximum Gasteiger partial charge on any atom is 0.432 e. The van der Waals surface area contributed by atoms with Gasteiger partial charge >= 0.3 is 6.18 Å². The Labute approximate surface area is 144 Å². The van der Waals surface area contributed by atoms with E-state index < -0.39 is 11.9 Å². The van der Waals surface area contributed by atoms with Gasteiger partial charge in [-0.3, -0.25) is 9.69 Å². The molecular formula is C16H23F3N4O2. The van der Waals surface area contributed by atoms with Crippen LogP contribution in [0.4, 0.5) is 13.2 Å². The number of piperidine rings is 1. The van der Waals surface area contributed by atoms with Crippen LogP contribution in [0.2, 0.25) is 0 Å². The lowest BCUT2D eigenvalue weighted by Crippen LogP contribution is -2.42. The Morgan fingerprint density at radius 3 is 2.88 bits per heavy atom. The molecule has 6 nitrogen and oxygen atoms in total. The van der Waals surface area contributed by atoms with Gasteiger partial charge in [-0.15, -0.1) is 0 Å². The van der Waals surface area contributed by atoms with E-state index in [0.29, 0.717) is 37.2 Å². The highest BCUT2D eigenvalue weighted by Crippen LogP contribution is 2.36. The molecule has 0 unspecified atom stereocenters. The molecule has 2 aliphatic heterocycles. The van der Waals surface area contributed by atoms with Crippen molar-refractivity contribution in [3.8, 4) is 0 Å². The number of ether oxygens (including phenoxy) is 1. The van der Waals surface area contributed by atoms with E-state index in [4.69, 9.17) is 4.74 Å². The number of nitrogens with one attached hydrogen (secondary N) is 1. The maximum absolute atomic E-state index is 12.6. The number of amides is 1. The zero-order valence-electron chi connectivity index (χ0n) is 14.3. The molecule has 1 N–H and O–H groups in total. The number of H-pyrrole nitrogens is 1. The van der Waals surface area contributed by atoms with Crippen LogP contribution >= 0.6 is 0 Å². The summed E-state index contributed by atoms with van der Waals surface area (Å²) in [7, 11) is 3.46. The van der Waals surface area contributed by atoms with E-state index >= 15 is 0 Å². The van der Waals surface area contributed by atoms with Gasteiger partial charge in [0.25, 0.3) is 0 Å². The van der Waals surface area contributed by atoms with Crippen LogP contribution in [0.15, 0.2) is 6.20 Å². The number of carbonyl (C=O) groups excluding carboxylic acids is 1. The number of carbonyl (C=O) groups is 1. The van der Waals surface area contributed by atoms with Gasteiger partial charge in [0.2, 0.25) is 5.91 Å². The average Bonchev–Trinajstić information content (AvgIpc) is 3.14. The van der Waals surface area contributed by atoms with Gasteiger partial charge in [0.1, 0.15) is 11.5 Å². The molecule has 1 amide bonds. The van der Waals surface area contributed by atoms with Crippen LogP contribution in [-0.2, 0) is 22.3 Å². The fraction of sp³-hybridized carbons (Fsp3) is 0.750. The molecule has 0 spiro atoms. The maximum atomic E-state index is 12.6. The molecule has 3 heterocycles. The Bertz CT molecular complexity index is 617. The molecular weight excluding hydrogens is 337 g/mol. The van der Waals surface area contributed by atoms with E-state index in [0.717, 1.165) is 25.7 Å². The zero-order chi connectivity index (χ0) is 18.2. The van der Waals surface area contributed by atoms with Crippen molar-refractivity contribution >= 4 is 5.91 Å². The summed E-state index contributed by atoms with van der Waals surface area (Å²) in [5.74, 6) is 1.03. The minimum Gasteiger partial charge on any atom is -0.377 e. The molecule has 3 atom stereocenters.